The summed E-state index contributed by atoms with van der Waals surface area (Å²) in [6, 6.07) is 6.15. The van der Waals surface area contributed by atoms with Crippen molar-refractivity contribution in [3.8, 4) is 0 Å². The standard InChI is InChI=1S/C10H10F2N2O2/c11-9(12)10(16)14-7-4-2-1-3-6(7)5-8(13)15/h1-4,9H,5H2,(H2,13,15)(H,14,16). The fourth-order valence-corrected chi connectivity index (χ4v) is 1.17. The van der Waals surface area contributed by atoms with Crippen LogP contribution in [0.1, 0.15) is 5.56 Å². The number of hydrogen-bond acceptors (Lipinski definition) is 2. The lowest BCUT2D eigenvalue weighted by Crippen LogP contribution is -2.22. The van der Waals surface area contributed by atoms with Crippen molar-refractivity contribution in [2.24, 2.45) is 5.73 Å². The molecule has 0 bridgehead atoms. The average molecular weight is 228 g/mol. The van der Waals surface area contributed by atoms with E-state index in [1.807, 2.05) is 5.32 Å². The highest BCUT2D eigenvalue weighted by molar-refractivity contribution is 5.94. The first-order valence-electron chi connectivity index (χ1n) is 4.46. The van der Waals surface area contributed by atoms with Crippen LogP contribution in [0.2, 0.25) is 0 Å². The summed E-state index contributed by atoms with van der Waals surface area (Å²) in [6.45, 7) is 0. The Labute approximate surface area is 90.4 Å². The average Bonchev–Trinajstić information content (AvgIpc) is 2.20. The molecule has 1 aromatic carbocycles. The molecule has 0 aliphatic rings. The zero-order valence-corrected chi connectivity index (χ0v) is 8.24. The summed E-state index contributed by atoms with van der Waals surface area (Å²) < 4.78 is 24.0. The molecule has 0 aliphatic heterocycles. The first-order chi connectivity index (χ1) is 7.50. The van der Waals surface area contributed by atoms with Crippen molar-refractivity contribution in [1.29, 1.82) is 0 Å². The van der Waals surface area contributed by atoms with Crippen molar-refractivity contribution in [3.05, 3.63) is 29.8 Å². The Hall–Kier alpha value is -1.98. The minimum Gasteiger partial charge on any atom is -0.369 e. The molecule has 1 aromatic rings. The molecule has 86 valence electrons. The number of halogens is 2. The van der Waals surface area contributed by atoms with Gasteiger partial charge in [0.2, 0.25) is 5.91 Å². The van der Waals surface area contributed by atoms with Gasteiger partial charge in [-0.3, -0.25) is 9.59 Å². The van der Waals surface area contributed by atoms with E-state index in [1.54, 1.807) is 12.1 Å². The van der Waals surface area contributed by atoms with Crippen LogP contribution in [0.3, 0.4) is 0 Å². The van der Waals surface area contributed by atoms with E-state index in [-0.39, 0.29) is 12.1 Å². The number of anilines is 1. The minimum absolute atomic E-state index is 0.111. The summed E-state index contributed by atoms with van der Waals surface area (Å²) in [5.41, 5.74) is 5.56. The second-order valence-corrected chi connectivity index (χ2v) is 3.09. The molecule has 0 aromatic heterocycles. The van der Waals surface area contributed by atoms with Crippen LogP contribution in [-0.4, -0.2) is 18.2 Å². The van der Waals surface area contributed by atoms with Gasteiger partial charge in [0.15, 0.2) is 0 Å². The first-order valence-corrected chi connectivity index (χ1v) is 4.46. The molecule has 0 atom stereocenters. The van der Waals surface area contributed by atoms with Crippen LogP contribution in [-0.2, 0) is 16.0 Å². The highest BCUT2D eigenvalue weighted by Crippen LogP contribution is 2.16. The molecular formula is C10H10F2N2O2. The largest absolute Gasteiger partial charge is 0.369 e. The fraction of sp³-hybridized carbons (Fsp3) is 0.200. The number of amides is 2. The number of nitrogens with two attached hydrogens (primary N) is 1. The summed E-state index contributed by atoms with van der Waals surface area (Å²) in [7, 11) is 0. The molecule has 4 nitrogen and oxygen atoms in total. The Bertz CT molecular complexity index is 408. The van der Waals surface area contributed by atoms with Crippen molar-refractivity contribution in [2.45, 2.75) is 12.8 Å². The number of primary amides is 1. The predicted molar refractivity (Wildman–Crippen MR) is 54.0 cm³/mol. The van der Waals surface area contributed by atoms with Gasteiger partial charge in [-0.25, -0.2) is 0 Å². The maximum Gasteiger partial charge on any atom is 0.315 e. The van der Waals surface area contributed by atoms with E-state index in [4.69, 9.17) is 5.73 Å². The second kappa shape index (κ2) is 5.20. The van der Waals surface area contributed by atoms with Gasteiger partial charge in [-0.05, 0) is 11.6 Å². The number of carbonyl (C=O) groups excluding carboxylic acids is 2. The molecule has 0 spiro atoms. The minimum atomic E-state index is -3.10. The molecule has 0 fully saturated rings. The fourth-order valence-electron chi connectivity index (χ4n) is 1.17. The summed E-state index contributed by atoms with van der Waals surface area (Å²) in [5.74, 6) is -2.00. The SMILES string of the molecule is NC(=O)Cc1ccccc1NC(=O)C(F)F. The van der Waals surface area contributed by atoms with E-state index < -0.39 is 18.2 Å². The van der Waals surface area contributed by atoms with Gasteiger partial charge < -0.3 is 11.1 Å². The van der Waals surface area contributed by atoms with E-state index in [2.05, 4.69) is 0 Å². The predicted octanol–water partition coefficient (Wildman–Crippen LogP) is 0.918. The van der Waals surface area contributed by atoms with Gasteiger partial charge in [-0.1, -0.05) is 18.2 Å². The lowest BCUT2D eigenvalue weighted by molar-refractivity contribution is -0.126. The van der Waals surface area contributed by atoms with Crippen molar-refractivity contribution in [3.63, 3.8) is 0 Å². The molecule has 6 heteroatoms. The Balaban J connectivity index is 2.86. The highest BCUT2D eigenvalue weighted by atomic mass is 19.3. The zero-order chi connectivity index (χ0) is 12.1. The van der Waals surface area contributed by atoms with Gasteiger partial charge in [0.1, 0.15) is 0 Å². The molecule has 16 heavy (non-hydrogen) atoms. The van der Waals surface area contributed by atoms with Crippen molar-refractivity contribution >= 4 is 17.5 Å². The molecule has 0 heterocycles. The smallest absolute Gasteiger partial charge is 0.315 e. The number of alkyl halides is 2. The Morgan fingerprint density at radius 2 is 1.94 bits per heavy atom. The molecule has 0 saturated heterocycles. The third-order valence-corrected chi connectivity index (χ3v) is 1.84. The van der Waals surface area contributed by atoms with Gasteiger partial charge in [0.05, 0.1) is 6.42 Å². The van der Waals surface area contributed by atoms with Crippen LogP contribution >= 0.6 is 0 Å². The van der Waals surface area contributed by atoms with E-state index in [0.717, 1.165) is 0 Å². The molecule has 0 unspecified atom stereocenters. The first kappa shape index (κ1) is 12.1. The normalized spacial score (nSPS) is 10.2. The molecule has 0 saturated carbocycles. The zero-order valence-electron chi connectivity index (χ0n) is 8.24. The third kappa shape index (κ3) is 3.30. The van der Waals surface area contributed by atoms with Crippen LogP contribution in [0.5, 0.6) is 0 Å². The number of nitrogens with one attached hydrogen (secondary N) is 1. The Kier molecular flexibility index (Phi) is 3.93. The quantitative estimate of drug-likeness (QED) is 0.804. The number of benzene rings is 1. The Morgan fingerprint density at radius 3 is 2.50 bits per heavy atom. The van der Waals surface area contributed by atoms with Crippen LogP contribution in [0.15, 0.2) is 24.3 Å². The van der Waals surface area contributed by atoms with Gasteiger partial charge in [0.25, 0.3) is 5.91 Å². The van der Waals surface area contributed by atoms with Crippen molar-refractivity contribution in [2.75, 3.05) is 5.32 Å². The lowest BCUT2D eigenvalue weighted by Gasteiger charge is -2.09. The van der Waals surface area contributed by atoms with Crippen LogP contribution in [0.4, 0.5) is 14.5 Å². The lowest BCUT2D eigenvalue weighted by atomic mass is 10.1. The number of rotatable bonds is 4. The van der Waals surface area contributed by atoms with Gasteiger partial charge in [-0.2, -0.15) is 8.78 Å². The van der Waals surface area contributed by atoms with E-state index in [9.17, 15) is 18.4 Å². The topological polar surface area (TPSA) is 72.2 Å². The maximum absolute atomic E-state index is 12.0. The van der Waals surface area contributed by atoms with Crippen LogP contribution in [0, 0.1) is 0 Å². The van der Waals surface area contributed by atoms with Gasteiger partial charge >= 0.3 is 6.43 Å². The second-order valence-electron chi connectivity index (χ2n) is 3.09. The van der Waals surface area contributed by atoms with E-state index in [1.165, 1.54) is 12.1 Å². The molecule has 1 rings (SSSR count). The van der Waals surface area contributed by atoms with Crippen LogP contribution in [0.25, 0.3) is 0 Å². The van der Waals surface area contributed by atoms with E-state index in [0.29, 0.717) is 5.56 Å². The summed E-state index contributed by atoms with van der Waals surface area (Å²) in [6.07, 6.45) is -3.21. The Morgan fingerprint density at radius 1 is 1.31 bits per heavy atom. The third-order valence-electron chi connectivity index (χ3n) is 1.84. The maximum atomic E-state index is 12.0. The van der Waals surface area contributed by atoms with Gasteiger partial charge in [-0.15, -0.1) is 0 Å². The molecule has 0 aliphatic carbocycles. The molecular weight excluding hydrogens is 218 g/mol. The number of para-hydroxylation sites is 1. The van der Waals surface area contributed by atoms with E-state index >= 15 is 0 Å². The highest BCUT2D eigenvalue weighted by Gasteiger charge is 2.16. The van der Waals surface area contributed by atoms with Crippen LogP contribution < -0.4 is 11.1 Å². The summed E-state index contributed by atoms with van der Waals surface area (Å²) in [5, 5.41) is 2.02. The molecule has 2 amide bonds. The monoisotopic (exact) mass is 228 g/mol. The number of hydrogen-bond donors (Lipinski definition) is 2. The van der Waals surface area contributed by atoms with Crippen molar-refractivity contribution < 1.29 is 18.4 Å². The summed E-state index contributed by atoms with van der Waals surface area (Å²) in [4.78, 5) is 21.5. The molecule has 3 N–H and O–H groups in total. The summed E-state index contributed by atoms with van der Waals surface area (Å²) >= 11 is 0. The molecule has 0 radical (unpaired) electrons. The van der Waals surface area contributed by atoms with Gasteiger partial charge in [0, 0.05) is 5.69 Å². The number of carbonyl (C=O) groups is 2. The van der Waals surface area contributed by atoms with Crippen molar-refractivity contribution in [1.82, 2.24) is 0 Å².